The zero-order valence-corrected chi connectivity index (χ0v) is 18.4. The number of carbonyl (C=O) groups excluding carboxylic acids is 2. The van der Waals surface area contributed by atoms with Crippen molar-refractivity contribution < 1.29 is 9.59 Å². The van der Waals surface area contributed by atoms with Crippen molar-refractivity contribution in [2.45, 2.75) is 38.8 Å². The van der Waals surface area contributed by atoms with Gasteiger partial charge in [0.05, 0.1) is 16.6 Å². The molecule has 0 bridgehead atoms. The summed E-state index contributed by atoms with van der Waals surface area (Å²) in [6.45, 7) is 6.48. The number of carbonyl (C=O) groups is 2. The van der Waals surface area contributed by atoms with Crippen molar-refractivity contribution >= 4 is 34.8 Å². The van der Waals surface area contributed by atoms with Crippen LogP contribution in [0.5, 0.6) is 0 Å². The number of benzene rings is 1. The Kier molecular flexibility index (Phi) is 7.70. The molecule has 0 spiro atoms. The van der Waals surface area contributed by atoms with E-state index < -0.39 is 6.04 Å². The highest BCUT2D eigenvalue weighted by atomic mass is 35.5. The van der Waals surface area contributed by atoms with Gasteiger partial charge in [0.25, 0.3) is 5.91 Å². The van der Waals surface area contributed by atoms with Gasteiger partial charge in [-0.15, -0.1) is 11.3 Å². The van der Waals surface area contributed by atoms with Crippen molar-refractivity contribution in [3.63, 3.8) is 0 Å². The highest BCUT2D eigenvalue weighted by Crippen LogP contribution is 2.28. The normalized spacial score (nSPS) is 16.6. The zero-order chi connectivity index (χ0) is 20.8. The first kappa shape index (κ1) is 21.8. The zero-order valence-electron chi connectivity index (χ0n) is 16.9. The summed E-state index contributed by atoms with van der Waals surface area (Å²) in [6.07, 6.45) is 2.39. The average Bonchev–Trinajstić information content (AvgIpc) is 3.40. The van der Waals surface area contributed by atoms with Crippen LogP contribution in [0, 0.1) is 5.92 Å². The van der Waals surface area contributed by atoms with Gasteiger partial charge in [-0.1, -0.05) is 43.6 Å². The quantitative estimate of drug-likeness (QED) is 0.658. The molecule has 0 aliphatic carbocycles. The maximum atomic E-state index is 13.0. The van der Waals surface area contributed by atoms with Gasteiger partial charge in [0.15, 0.2) is 0 Å². The molecule has 156 valence electrons. The van der Waals surface area contributed by atoms with E-state index in [0.29, 0.717) is 17.1 Å². The van der Waals surface area contributed by atoms with Crippen LogP contribution in [0.2, 0.25) is 5.02 Å². The predicted molar refractivity (Wildman–Crippen MR) is 118 cm³/mol. The summed E-state index contributed by atoms with van der Waals surface area (Å²) >= 11 is 7.84. The lowest BCUT2D eigenvalue weighted by Crippen LogP contribution is -2.51. The molecule has 29 heavy (non-hydrogen) atoms. The van der Waals surface area contributed by atoms with E-state index in [1.165, 1.54) is 17.7 Å². The summed E-state index contributed by atoms with van der Waals surface area (Å²) in [5.74, 6) is -0.548. The topological polar surface area (TPSA) is 61.4 Å². The number of nitrogens with one attached hydrogen (secondary N) is 2. The van der Waals surface area contributed by atoms with E-state index >= 15 is 0 Å². The Hall–Kier alpha value is -1.89. The molecule has 1 aliphatic heterocycles. The second-order valence-corrected chi connectivity index (χ2v) is 9.08. The fourth-order valence-electron chi connectivity index (χ4n) is 3.65. The molecule has 2 unspecified atom stereocenters. The average molecular weight is 434 g/mol. The number of thiophene rings is 1. The first-order chi connectivity index (χ1) is 14.0. The number of hydrogen-bond donors (Lipinski definition) is 2. The van der Waals surface area contributed by atoms with Crippen molar-refractivity contribution in [2.75, 3.05) is 19.6 Å². The monoisotopic (exact) mass is 433 g/mol. The lowest BCUT2D eigenvalue weighted by atomic mass is 10.0. The van der Waals surface area contributed by atoms with E-state index in [4.69, 9.17) is 11.6 Å². The molecule has 2 N–H and O–H groups in total. The van der Waals surface area contributed by atoms with Crippen molar-refractivity contribution in [1.29, 1.82) is 0 Å². The largest absolute Gasteiger partial charge is 0.352 e. The molecule has 1 fully saturated rings. The van der Waals surface area contributed by atoms with Crippen molar-refractivity contribution in [1.82, 2.24) is 15.5 Å². The van der Waals surface area contributed by atoms with Gasteiger partial charge in [-0.05, 0) is 55.4 Å². The number of amides is 2. The minimum absolute atomic E-state index is 0.0478. The molecule has 0 radical (unpaired) electrons. The van der Waals surface area contributed by atoms with E-state index in [2.05, 4.69) is 27.0 Å². The second-order valence-electron chi connectivity index (χ2n) is 7.69. The van der Waals surface area contributed by atoms with Gasteiger partial charge in [0, 0.05) is 11.4 Å². The third-order valence-electron chi connectivity index (χ3n) is 5.28. The predicted octanol–water partition coefficient (Wildman–Crippen LogP) is 4.11. The fraction of sp³-hybridized carbons (Fsp3) is 0.455. The summed E-state index contributed by atoms with van der Waals surface area (Å²) in [6, 6.07) is 10.6. The van der Waals surface area contributed by atoms with Gasteiger partial charge in [-0.2, -0.15) is 0 Å². The van der Waals surface area contributed by atoms with Gasteiger partial charge >= 0.3 is 0 Å². The third kappa shape index (κ3) is 5.59. The van der Waals surface area contributed by atoms with Crippen molar-refractivity contribution in [2.24, 2.45) is 5.92 Å². The molecule has 5 nitrogen and oxygen atoms in total. The molecular formula is C22H28ClN3O2S. The summed E-state index contributed by atoms with van der Waals surface area (Å²) < 4.78 is 0. The molecule has 2 atom stereocenters. The van der Waals surface area contributed by atoms with E-state index in [0.717, 1.165) is 13.1 Å². The van der Waals surface area contributed by atoms with Crippen LogP contribution >= 0.6 is 22.9 Å². The lowest BCUT2D eigenvalue weighted by Gasteiger charge is -2.28. The Labute approximate surface area is 181 Å². The molecule has 2 heterocycles. The molecule has 1 aromatic heterocycles. The Morgan fingerprint density at radius 2 is 1.86 bits per heavy atom. The van der Waals surface area contributed by atoms with Crippen LogP contribution in [0.25, 0.3) is 0 Å². The molecular weight excluding hydrogens is 406 g/mol. The van der Waals surface area contributed by atoms with Crippen LogP contribution in [-0.2, 0) is 4.79 Å². The van der Waals surface area contributed by atoms with Crippen LogP contribution in [0.1, 0.15) is 48.0 Å². The SMILES string of the molecule is CC(C)C(NC(=O)c1ccccc1Cl)C(=O)NCC(c1cccs1)N1CCCC1. The van der Waals surface area contributed by atoms with Crippen molar-refractivity contribution in [3.8, 4) is 0 Å². The van der Waals surface area contributed by atoms with Crippen LogP contribution < -0.4 is 10.6 Å². The Morgan fingerprint density at radius 1 is 1.14 bits per heavy atom. The highest BCUT2D eigenvalue weighted by Gasteiger charge is 2.28. The third-order valence-corrected chi connectivity index (χ3v) is 6.58. The van der Waals surface area contributed by atoms with Crippen LogP contribution in [0.15, 0.2) is 41.8 Å². The number of likely N-dealkylation sites (tertiary alicyclic amines) is 1. The minimum atomic E-state index is -0.624. The first-order valence-electron chi connectivity index (χ1n) is 10.1. The van der Waals surface area contributed by atoms with E-state index in [-0.39, 0.29) is 23.8 Å². The van der Waals surface area contributed by atoms with Crippen LogP contribution in [0.4, 0.5) is 0 Å². The first-order valence-corrected chi connectivity index (χ1v) is 11.3. The number of nitrogens with zero attached hydrogens (tertiary/aromatic N) is 1. The molecule has 7 heteroatoms. The molecule has 1 aromatic carbocycles. The number of hydrogen-bond acceptors (Lipinski definition) is 4. The molecule has 1 aliphatic rings. The van der Waals surface area contributed by atoms with E-state index in [9.17, 15) is 9.59 Å². The molecule has 2 aromatic rings. The summed E-state index contributed by atoms with van der Waals surface area (Å²) in [5.41, 5.74) is 0.376. The Balaban J connectivity index is 1.65. The van der Waals surface area contributed by atoms with Crippen LogP contribution in [0.3, 0.4) is 0 Å². The maximum absolute atomic E-state index is 13.0. The molecule has 1 saturated heterocycles. The summed E-state index contributed by atoms with van der Waals surface area (Å²) in [4.78, 5) is 29.3. The van der Waals surface area contributed by atoms with Crippen LogP contribution in [-0.4, -0.2) is 42.4 Å². The van der Waals surface area contributed by atoms with Gasteiger partial charge in [-0.3, -0.25) is 14.5 Å². The van der Waals surface area contributed by atoms with Gasteiger partial charge in [0.1, 0.15) is 6.04 Å². The number of halogens is 1. The lowest BCUT2D eigenvalue weighted by molar-refractivity contribution is -0.124. The Bertz CT molecular complexity index is 819. The standard InChI is InChI=1S/C22H28ClN3O2S/c1-15(2)20(25-21(27)16-8-3-4-9-17(16)23)22(28)24-14-18(19-10-7-13-29-19)26-11-5-6-12-26/h3-4,7-10,13,15,18,20H,5-6,11-12,14H2,1-2H3,(H,24,28)(H,25,27). The van der Waals surface area contributed by atoms with Gasteiger partial charge in [0.2, 0.25) is 5.91 Å². The van der Waals surface area contributed by atoms with Crippen molar-refractivity contribution in [3.05, 3.63) is 57.2 Å². The van der Waals surface area contributed by atoms with Gasteiger partial charge in [-0.25, -0.2) is 0 Å². The van der Waals surface area contributed by atoms with E-state index in [1.54, 1.807) is 35.6 Å². The molecule has 2 amide bonds. The highest BCUT2D eigenvalue weighted by molar-refractivity contribution is 7.10. The van der Waals surface area contributed by atoms with E-state index in [1.807, 2.05) is 19.9 Å². The molecule has 3 rings (SSSR count). The summed E-state index contributed by atoms with van der Waals surface area (Å²) in [7, 11) is 0. The maximum Gasteiger partial charge on any atom is 0.253 e. The fourth-order valence-corrected chi connectivity index (χ4v) is 4.73. The Morgan fingerprint density at radius 3 is 2.48 bits per heavy atom. The smallest absolute Gasteiger partial charge is 0.253 e. The summed E-state index contributed by atoms with van der Waals surface area (Å²) in [5, 5.41) is 8.38. The second kappa shape index (κ2) is 10.2. The number of rotatable bonds is 8. The molecule has 0 saturated carbocycles. The van der Waals surface area contributed by atoms with Gasteiger partial charge < -0.3 is 10.6 Å². The minimum Gasteiger partial charge on any atom is -0.352 e.